The molecule has 0 saturated heterocycles. The van der Waals surface area contributed by atoms with Crippen LogP contribution in [-0.2, 0) is 25.5 Å². The van der Waals surface area contributed by atoms with E-state index in [9.17, 15) is 0 Å². The molecule has 7 nitrogen and oxygen atoms in total. The summed E-state index contributed by atoms with van der Waals surface area (Å²) in [5.41, 5.74) is 20.5. The second kappa shape index (κ2) is 14.0. The van der Waals surface area contributed by atoms with Crippen LogP contribution in [0.1, 0.15) is 17.5 Å². The third-order valence-corrected chi connectivity index (χ3v) is 5.78. The Morgan fingerprint density at radius 1 is 1.21 bits per heavy atom. The first-order chi connectivity index (χ1) is 13.6. The zero-order valence-corrected chi connectivity index (χ0v) is 23.3. The largest absolute Gasteiger partial charge is 1.00 e. The summed E-state index contributed by atoms with van der Waals surface area (Å²) in [7, 11) is 1.49. The van der Waals surface area contributed by atoms with Crippen LogP contribution >= 0.6 is 30.3 Å². The fourth-order valence-corrected chi connectivity index (χ4v) is 4.08. The number of fused-ring (bicyclic) bond motifs is 2. The average Bonchev–Trinajstić information content (AvgIpc) is 3.36. The Labute approximate surface area is 235 Å². The molecule has 0 saturated carbocycles. The number of rotatable bonds is 3. The normalized spacial score (nSPS) is 12.0. The average molecular weight is 568 g/mol. The van der Waals surface area contributed by atoms with E-state index >= 15 is 0 Å². The van der Waals surface area contributed by atoms with Gasteiger partial charge in [-0.3, -0.25) is 3.97 Å². The molecule has 1 aliphatic carbocycles. The molecule has 2 aromatic heterocycles. The minimum Gasteiger partial charge on any atom is -0.796 e. The minimum absolute atomic E-state index is 0. The van der Waals surface area contributed by atoms with Crippen molar-refractivity contribution >= 4 is 65.8 Å². The van der Waals surface area contributed by atoms with Crippen molar-refractivity contribution in [3.8, 4) is 0 Å². The maximum atomic E-state index is 5.83. The number of nitrogen functional groups attached to an aromatic ring is 1. The first-order valence-corrected chi connectivity index (χ1v) is 12.6. The van der Waals surface area contributed by atoms with Crippen LogP contribution in [0.3, 0.4) is 0 Å². The fourth-order valence-electron chi connectivity index (χ4n) is 2.81. The molecule has 3 aromatic rings. The predicted molar refractivity (Wildman–Crippen MR) is 131 cm³/mol. The number of aromatic nitrogens is 3. The zero-order chi connectivity index (χ0) is 20.5. The number of anilines is 2. The van der Waals surface area contributed by atoms with Crippen LogP contribution in [-0.4, -0.2) is 20.2 Å². The maximum absolute atomic E-state index is 5.83. The molecule has 0 spiro atoms. The van der Waals surface area contributed by atoms with E-state index in [-0.39, 0.29) is 57.2 Å². The smallest absolute Gasteiger partial charge is 0.796 e. The van der Waals surface area contributed by atoms with Crippen LogP contribution < -0.4 is 73.9 Å². The van der Waals surface area contributed by atoms with Gasteiger partial charge in [0.05, 0.1) is 5.39 Å². The van der Waals surface area contributed by atoms with Gasteiger partial charge in [0.15, 0.2) is 5.65 Å². The molecule has 2 heterocycles. The van der Waals surface area contributed by atoms with Crippen molar-refractivity contribution in [2.75, 3.05) is 17.3 Å². The first-order valence-electron chi connectivity index (χ1n) is 8.48. The molecule has 7 N–H and O–H groups in total. The van der Waals surface area contributed by atoms with Crippen LogP contribution in [0, 0.1) is 0 Å². The number of nitrogens with one attached hydrogen (secondary N) is 1. The van der Waals surface area contributed by atoms with Gasteiger partial charge in [0.1, 0.15) is 11.6 Å². The number of benzene rings is 1. The van der Waals surface area contributed by atoms with Crippen molar-refractivity contribution < 1.29 is 51.4 Å². The molecular weight excluding hydrogens is 544 g/mol. The Morgan fingerprint density at radius 3 is 2.38 bits per heavy atom. The van der Waals surface area contributed by atoms with Gasteiger partial charge in [-0.2, -0.15) is 16.2 Å². The number of halogens is 1. The summed E-state index contributed by atoms with van der Waals surface area (Å²) in [5.74, 6) is 0.982. The van der Waals surface area contributed by atoms with Crippen LogP contribution in [0.5, 0.6) is 0 Å². The van der Waals surface area contributed by atoms with E-state index in [4.69, 9.17) is 17.2 Å². The van der Waals surface area contributed by atoms with Crippen LogP contribution in [0.15, 0.2) is 48.5 Å². The molecule has 0 amide bonds. The van der Waals surface area contributed by atoms with Crippen molar-refractivity contribution in [1.29, 1.82) is 0 Å². The molecule has 29 heavy (non-hydrogen) atoms. The van der Waals surface area contributed by atoms with Crippen molar-refractivity contribution in [1.82, 2.24) is 13.9 Å². The number of hydrogen-bond acceptors (Lipinski definition) is 8. The van der Waals surface area contributed by atoms with E-state index in [0.29, 0.717) is 11.8 Å². The van der Waals surface area contributed by atoms with Gasteiger partial charge in [0.2, 0.25) is 5.95 Å². The van der Waals surface area contributed by atoms with Crippen molar-refractivity contribution in [3.05, 3.63) is 59.7 Å². The Kier molecular flexibility index (Phi) is 13.0. The van der Waals surface area contributed by atoms with Gasteiger partial charge >= 0.3 is 51.4 Å². The van der Waals surface area contributed by atoms with Gasteiger partial charge in [0.25, 0.3) is 0 Å². The summed E-state index contributed by atoms with van der Waals surface area (Å²) in [4.78, 5) is 8.40. The Morgan fingerprint density at radius 2 is 1.83 bits per heavy atom. The fraction of sp³-hybridized carbons (Fsp3) is 0.222. The topological polar surface area (TPSA) is 121 Å². The molecule has 0 bridgehead atoms. The van der Waals surface area contributed by atoms with Crippen molar-refractivity contribution in [3.63, 3.8) is 0 Å². The molecule has 0 fully saturated rings. The number of hydrogen-bond donors (Lipinski definition) is 4. The third kappa shape index (κ3) is 7.49. The molecular formula is C18H23IKN7S2. The molecule has 1 aliphatic rings. The van der Waals surface area contributed by atoms with E-state index in [1.54, 1.807) is 17.4 Å². The van der Waals surface area contributed by atoms with Gasteiger partial charge in [0, 0.05) is 42.7 Å². The van der Waals surface area contributed by atoms with E-state index in [1.165, 1.54) is 34.6 Å². The number of nitrogens with two attached hydrogens (primary N) is 3. The molecule has 4 rings (SSSR count). The minimum atomic E-state index is 0. The maximum Gasteiger partial charge on any atom is 1.00 e. The zero-order valence-electron chi connectivity index (χ0n) is 16.4. The molecule has 1 aromatic carbocycles. The molecule has 0 atom stereocenters. The van der Waals surface area contributed by atoms with Gasteiger partial charge in [-0.15, -0.1) is 0 Å². The number of nitrogens with zero attached hydrogens (tertiary/aromatic N) is 3. The molecule has 11 heteroatoms. The monoisotopic (exact) mass is 567 g/mol. The van der Waals surface area contributed by atoms with Gasteiger partial charge in [-0.05, 0) is 36.5 Å². The van der Waals surface area contributed by atoms with Crippen LogP contribution in [0.25, 0.3) is 11.0 Å². The molecule has 0 radical (unpaired) electrons. The quantitative estimate of drug-likeness (QED) is 0.203. The summed E-state index contributed by atoms with van der Waals surface area (Å²) >= 11 is 6.24. The van der Waals surface area contributed by atoms with Crippen LogP contribution in [0.4, 0.5) is 11.8 Å². The standard InChI is InChI=1S/C9H10.C8H10IN7S.CH4S.K/c1-2-5-9-7-3-6-8(9)4-1;9-17-16-2-1-4-6(12)14-8(15-7(4)16)13-5(11)3-10;1-2;/h1-2,4-5H,3,6-7H2;1-3H,10-11H2,(H3,12,13,14,15);2H,1H3;/q;;;+1/p-1/b;5-3+;;. The van der Waals surface area contributed by atoms with E-state index < -0.39 is 0 Å². The van der Waals surface area contributed by atoms with Gasteiger partial charge < -0.3 is 35.1 Å². The number of aryl methyl sites for hydroxylation is 2. The summed E-state index contributed by atoms with van der Waals surface area (Å²) in [5, 5.41) is 3.55. The van der Waals surface area contributed by atoms with Gasteiger partial charge in [-0.25, -0.2) is 0 Å². The Hall–Kier alpha value is -0.154. The second-order valence-corrected chi connectivity index (χ2v) is 7.46. The summed E-state index contributed by atoms with van der Waals surface area (Å²) < 4.78 is 1.88. The molecule has 0 aliphatic heterocycles. The summed E-state index contributed by atoms with van der Waals surface area (Å²) in [6, 6.07) is 10.6. The molecule has 0 unspecified atom stereocenters. The van der Waals surface area contributed by atoms with E-state index in [0.717, 1.165) is 11.0 Å². The molecule has 150 valence electrons. The van der Waals surface area contributed by atoms with Crippen LogP contribution in [0.2, 0.25) is 0 Å². The van der Waals surface area contributed by atoms with Crippen molar-refractivity contribution in [2.45, 2.75) is 19.3 Å². The summed E-state index contributed by atoms with van der Waals surface area (Å²) in [6.07, 6.45) is 8.65. The van der Waals surface area contributed by atoms with Crippen molar-refractivity contribution in [2.24, 2.45) is 11.5 Å². The van der Waals surface area contributed by atoms with E-state index in [2.05, 4.69) is 73.4 Å². The summed E-state index contributed by atoms with van der Waals surface area (Å²) in [6.45, 7) is 0. The Balaban J connectivity index is 0.000000295. The van der Waals surface area contributed by atoms with E-state index in [1.807, 2.05) is 16.2 Å². The second-order valence-electron chi connectivity index (χ2n) is 5.75. The third-order valence-electron chi connectivity index (χ3n) is 4.06. The Bertz CT molecular complexity index is 926. The van der Waals surface area contributed by atoms with Gasteiger partial charge in [-0.1, -0.05) is 24.3 Å². The first kappa shape index (κ1) is 26.9. The predicted octanol–water partition coefficient (Wildman–Crippen LogP) is 0.330. The SMILES string of the molecule is C[S-].N/C=C(\N)Nc1nc(N)c2ccn(SI)c2n1.[K+].c1ccc2c(c1)CCC2.